The van der Waals surface area contributed by atoms with Gasteiger partial charge in [-0.15, -0.1) is 5.10 Å². The molecule has 0 unspecified atom stereocenters. The van der Waals surface area contributed by atoms with Gasteiger partial charge in [0.2, 0.25) is 0 Å². The molecular weight excluding hydrogens is 441 g/mol. The van der Waals surface area contributed by atoms with E-state index in [0.29, 0.717) is 32.5 Å². The quantitative estimate of drug-likeness (QED) is 0.460. The molecule has 0 aliphatic carbocycles. The molecule has 0 aliphatic rings. The molecule has 0 fully saturated rings. The van der Waals surface area contributed by atoms with Crippen molar-refractivity contribution in [1.82, 2.24) is 14.3 Å². The standard InChI is InChI=1S/C22H17Cl2N3O4/c1-31-11-10-26-20-15(12-16(21(26)28)22(29)30)19(13-6-8-14(23)9-7-13)27(25-20)18-5-3-2-4-17(18)24/h2-9,12H,10-11H2,1H3,(H,29,30). The molecule has 0 bridgehead atoms. The van der Waals surface area contributed by atoms with Gasteiger partial charge in [0.25, 0.3) is 5.56 Å². The van der Waals surface area contributed by atoms with Crippen LogP contribution in [0, 0.1) is 0 Å². The van der Waals surface area contributed by atoms with Crippen molar-refractivity contribution in [1.29, 1.82) is 0 Å². The van der Waals surface area contributed by atoms with Crippen LogP contribution in [0.1, 0.15) is 10.4 Å². The highest BCUT2D eigenvalue weighted by molar-refractivity contribution is 6.32. The molecule has 31 heavy (non-hydrogen) atoms. The van der Waals surface area contributed by atoms with Crippen LogP contribution in [-0.4, -0.2) is 39.1 Å². The number of pyridine rings is 1. The zero-order chi connectivity index (χ0) is 22.1. The summed E-state index contributed by atoms with van der Waals surface area (Å²) in [7, 11) is 1.50. The molecule has 0 aliphatic heterocycles. The van der Waals surface area contributed by atoms with E-state index in [1.54, 1.807) is 47.1 Å². The van der Waals surface area contributed by atoms with Crippen LogP contribution >= 0.6 is 23.2 Å². The van der Waals surface area contributed by atoms with E-state index in [2.05, 4.69) is 5.10 Å². The van der Waals surface area contributed by atoms with Crippen molar-refractivity contribution in [3.05, 3.63) is 80.6 Å². The summed E-state index contributed by atoms with van der Waals surface area (Å²) in [6, 6.07) is 15.6. The Morgan fingerprint density at radius 2 is 1.84 bits per heavy atom. The van der Waals surface area contributed by atoms with Crippen molar-refractivity contribution in [3.8, 4) is 16.9 Å². The summed E-state index contributed by atoms with van der Waals surface area (Å²) >= 11 is 12.5. The van der Waals surface area contributed by atoms with E-state index >= 15 is 0 Å². The molecule has 9 heteroatoms. The van der Waals surface area contributed by atoms with Gasteiger partial charge >= 0.3 is 5.97 Å². The number of carboxylic acids is 1. The van der Waals surface area contributed by atoms with Crippen LogP contribution in [-0.2, 0) is 11.3 Å². The van der Waals surface area contributed by atoms with Gasteiger partial charge in [-0.25, -0.2) is 9.48 Å². The summed E-state index contributed by atoms with van der Waals surface area (Å²) in [5.41, 5.74) is 1.25. The molecular formula is C22H17Cl2N3O4. The Morgan fingerprint density at radius 1 is 1.13 bits per heavy atom. The number of hydrogen-bond acceptors (Lipinski definition) is 4. The smallest absolute Gasteiger partial charge is 0.341 e. The molecule has 2 aromatic carbocycles. The first-order valence-electron chi connectivity index (χ1n) is 9.32. The number of aromatic nitrogens is 3. The third kappa shape index (κ3) is 3.83. The average molecular weight is 458 g/mol. The van der Waals surface area contributed by atoms with Crippen molar-refractivity contribution < 1.29 is 14.6 Å². The molecule has 1 N–H and O–H groups in total. The van der Waals surface area contributed by atoms with Crippen molar-refractivity contribution in [2.45, 2.75) is 6.54 Å². The molecule has 0 saturated carbocycles. The minimum Gasteiger partial charge on any atom is -0.477 e. The van der Waals surface area contributed by atoms with Gasteiger partial charge < -0.3 is 9.84 Å². The summed E-state index contributed by atoms with van der Waals surface area (Å²) in [5.74, 6) is -1.31. The molecule has 2 heterocycles. The molecule has 7 nitrogen and oxygen atoms in total. The van der Waals surface area contributed by atoms with Crippen molar-refractivity contribution in [2.75, 3.05) is 13.7 Å². The second-order valence-electron chi connectivity index (χ2n) is 6.77. The van der Waals surface area contributed by atoms with Crippen LogP contribution < -0.4 is 5.56 Å². The number of hydrogen-bond donors (Lipinski definition) is 1. The van der Waals surface area contributed by atoms with Gasteiger partial charge in [-0.3, -0.25) is 9.36 Å². The minimum atomic E-state index is -1.31. The highest BCUT2D eigenvalue weighted by Gasteiger charge is 2.23. The lowest BCUT2D eigenvalue weighted by atomic mass is 10.1. The number of rotatable bonds is 6. The van der Waals surface area contributed by atoms with Gasteiger partial charge in [-0.1, -0.05) is 47.5 Å². The van der Waals surface area contributed by atoms with Gasteiger partial charge in [0.05, 0.1) is 29.6 Å². The van der Waals surface area contributed by atoms with Crippen LogP contribution in [0.4, 0.5) is 0 Å². The highest BCUT2D eigenvalue weighted by atomic mass is 35.5. The van der Waals surface area contributed by atoms with Crippen LogP contribution in [0.5, 0.6) is 0 Å². The van der Waals surface area contributed by atoms with Gasteiger partial charge in [0, 0.05) is 23.1 Å². The summed E-state index contributed by atoms with van der Waals surface area (Å²) in [6.45, 7) is 0.361. The maximum absolute atomic E-state index is 12.9. The summed E-state index contributed by atoms with van der Waals surface area (Å²) in [5, 5.41) is 15.8. The van der Waals surface area contributed by atoms with Gasteiger partial charge in [-0.05, 0) is 30.3 Å². The first kappa shape index (κ1) is 21.1. The number of ether oxygens (including phenoxy) is 1. The predicted octanol–water partition coefficient (Wildman–Crippen LogP) is 4.51. The van der Waals surface area contributed by atoms with E-state index in [4.69, 9.17) is 27.9 Å². The maximum Gasteiger partial charge on any atom is 0.341 e. The molecule has 0 spiro atoms. The molecule has 0 radical (unpaired) electrons. The number of fused-ring (bicyclic) bond motifs is 1. The lowest BCUT2D eigenvalue weighted by Crippen LogP contribution is -2.28. The topological polar surface area (TPSA) is 86.4 Å². The second-order valence-corrected chi connectivity index (χ2v) is 7.61. The maximum atomic E-state index is 12.9. The van der Waals surface area contributed by atoms with E-state index in [1.807, 2.05) is 6.07 Å². The first-order valence-corrected chi connectivity index (χ1v) is 10.1. The van der Waals surface area contributed by atoms with Gasteiger partial charge in [0.1, 0.15) is 5.56 Å². The third-order valence-corrected chi connectivity index (χ3v) is 5.44. The Hall–Kier alpha value is -3.13. The zero-order valence-electron chi connectivity index (χ0n) is 16.4. The molecule has 0 saturated heterocycles. The first-order chi connectivity index (χ1) is 14.9. The Morgan fingerprint density at radius 3 is 2.48 bits per heavy atom. The molecule has 4 aromatic rings. The number of nitrogens with zero attached hydrogens (tertiary/aromatic N) is 3. The molecule has 4 rings (SSSR count). The van der Waals surface area contributed by atoms with Crippen LogP contribution in [0.15, 0.2) is 59.4 Å². The fourth-order valence-corrected chi connectivity index (χ4v) is 3.77. The van der Waals surface area contributed by atoms with Crippen molar-refractivity contribution >= 4 is 40.2 Å². The largest absolute Gasteiger partial charge is 0.477 e. The number of carbonyl (C=O) groups is 1. The predicted molar refractivity (Wildman–Crippen MR) is 120 cm³/mol. The lowest BCUT2D eigenvalue weighted by Gasteiger charge is -2.10. The van der Waals surface area contributed by atoms with Crippen molar-refractivity contribution in [2.24, 2.45) is 0 Å². The van der Waals surface area contributed by atoms with Crippen LogP contribution in [0.2, 0.25) is 10.0 Å². The second kappa shape index (κ2) is 8.55. The third-order valence-electron chi connectivity index (χ3n) is 4.87. The fourth-order valence-electron chi connectivity index (χ4n) is 3.43. The Balaban J connectivity index is 2.15. The molecule has 0 amide bonds. The SMILES string of the molecule is COCCn1c(=O)c(C(=O)O)cc2c(-c3ccc(Cl)cc3)n(-c3ccccc3Cl)nc21. The summed E-state index contributed by atoms with van der Waals surface area (Å²) in [6.07, 6.45) is 0. The highest BCUT2D eigenvalue weighted by Crippen LogP contribution is 2.34. The zero-order valence-corrected chi connectivity index (χ0v) is 17.9. The number of benzene rings is 2. The lowest BCUT2D eigenvalue weighted by molar-refractivity contribution is 0.0694. The van der Waals surface area contributed by atoms with E-state index in [-0.39, 0.29) is 18.7 Å². The molecule has 2 aromatic heterocycles. The van der Waals surface area contributed by atoms with Gasteiger partial charge in [-0.2, -0.15) is 0 Å². The normalized spacial score (nSPS) is 11.2. The van der Waals surface area contributed by atoms with E-state index in [1.165, 1.54) is 17.7 Å². The van der Waals surface area contributed by atoms with Crippen molar-refractivity contribution in [3.63, 3.8) is 0 Å². The average Bonchev–Trinajstić information content (AvgIpc) is 3.12. The Kier molecular flexibility index (Phi) is 5.82. The van der Waals surface area contributed by atoms with Crippen LogP contribution in [0.3, 0.4) is 0 Å². The Bertz CT molecular complexity index is 1340. The minimum absolute atomic E-state index is 0.145. The van der Waals surface area contributed by atoms with E-state index in [0.717, 1.165) is 5.56 Å². The number of carboxylic acid groups (broad SMARTS) is 1. The Labute approximate surface area is 187 Å². The number of para-hydroxylation sites is 1. The molecule has 0 atom stereocenters. The number of aromatic carboxylic acids is 1. The van der Waals surface area contributed by atoms with E-state index < -0.39 is 11.5 Å². The summed E-state index contributed by atoms with van der Waals surface area (Å²) in [4.78, 5) is 24.7. The van der Waals surface area contributed by atoms with Gasteiger partial charge in [0.15, 0.2) is 5.65 Å². The molecule has 158 valence electrons. The number of halogens is 2. The summed E-state index contributed by atoms with van der Waals surface area (Å²) < 4.78 is 8.04. The van der Waals surface area contributed by atoms with Crippen LogP contribution in [0.25, 0.3) is 28.0 Å². The van der Waals surface area contributed by atoms with E-state index in [9.17, 15) is 14.7 Å². The monoisotopic (exact) mass is 457 g/mol. The number of methoxy groups -OCH3 is 1. The fraction of sp³-hybridized carbons (Fsp3) is 0.136.